The smallest absolute Gasteiger partial charge is 0.307 e. The van der Waals surface area contributed by atoms with E-state index in [9.17, 15) is 14.4 Å². The molecule has 2 amide bonds. The summed E-state index contributed by atoms with van der Waals surface area (Å²) in [5.41, 5.74) is 3.16. The van der Waals surface area contributed by atoms with Crippen molar-refractivity contribution in [3.05, 3.63) is 65.2 Å². The molecule has 2 aromatic rings. The van der Waals surface area contributed by atoms with Gasteiger partial charge in [0.25, 0.3) is 0 Å². The summed E-state index contributed by atoms with van der Waals surface area (Å²) in [7, 11) is 3.19. The van der Waals surface area contributed by atoms with Crippen LogP contribution in [0.5, 0.6) is 5.75 Å². The number of carbonyl (C=O) groups is 3. The Hall–Kier alpha value is -3.35. The molecule has 172 valence electrons. The van der Waals surface area contributed by atoms with Gasteiger partial charge in [-0.3, -0.25) is 14.4 Å². The number of hydrogen-bond donors (Lipinski definition) is 0. The van der Waals surface area contributed by atoms with E-state index >= 15 is 0 Å². The Kier molecular flexibility index (Phi) is 9.73. The van der Waals surface area contributed by atoms with E-state index in [1.54, 1.807) is 21.0 Å². The van der Waals surface area contributed by atoms with Crippen molar-refractivity contribution < 1.29 is 23.9 Å². The molecule has 2 aromatic carbocycles. The molecule has 0 atom stereocenters. The summed E-state index contributed by atoms with van der Waals surface area (Å²) in [4.78, 5) is 38.5. The van der Waals surface area contributed by atoms with Crippen molar-refractivity contribution in [2.24, 2.45) is 0 Å². The van der Waals surface area contributed by atoms with Crippen molar-refractivity contribution in [3.8, 4) is 5.75 Å². The van der Waals surface area contributed by atoms with Crippen LogP contribution in [0.25, 0.3) is 0 Å². The highest BCUT2D eigenvalue weighted by Gasteiger charge is 2.16. The summed E-state index contributed by atoms with van der Waals surface area (Å²) in [6.07, 6.45) is 0.436. The summed E-state index contributed by atoms with van der Waals surface area (Å²) >= 11 is 0. The van der Waals surface area contributed by atoms with Gasteiger partial charge in [0.1, 0.15) is 19.0 Å². The molecule has 7 nitrogen and oxygen atoms in total. The molecule has 0 bridgehead atoms. The number of hydrogen-bond acceptors (Lipinski definition) is 5. The Morgan fingerprint density at radius 3 is 2.03 bits per heavy atom. The number of rotatable bonds is 11. The first-order valence-corrected chi connectivity index (χ1v) is 10.7. The van der Waals surface area contributed by atoms with Gasteiger partial charge in [0.15, 0.2) is 0 Å². The number of esters is 1. The van der Waals surface area contributed by atoms with Gasteiger partial charge >= 0.3 is 5.97 Å². The predicted octanol–water partition coefficient (Wildman–Crippen LogP) is 3.33. The molecule has 0 N–H and O–H groups in total. The fourth-order valence-electron chi connectivity index (χ4n) is 2.83. The van der Waals surface area contributed by atoms with Gasteiger partial charge in [-0.1, -0.05) is 48.9 Å². The van der Waals surface area contributed by atoms with Gasteiger partial charge in [-0.15, -0.1) is 0 Å². The molecule has 0 aromatic heterocycles. The minimum absolute atomic E-state index is 0.00342. The molecule has 0 unspecified atom stereocenters. The highest BCUT2D eigenvalue weighted by atomic mass is 16.5. The third-order valence-corrected chi connectivity index (χ3v) is 5.03. The average Bonchev–Trinajstić information content (AvgIpc) is 2.80. The molecule has 32 heavy (non-hydrogen) atoms. The highest BCUT2D eigenvalue weighted by molar-refractivity contribution is 5.84. The summed E-state index contributed by atoms with van der Waals surface area (Å²) in [5, 5.41) is 0. The Morgan fingerprint density at radius 1 is 0.812 bits per heavy atom. The number of ether oxygens (including phenoxy) is 2. The number of amides is 2. The second-order valence-electron chi connectivity index (χ2n) is 7.75. The van der Waals surface area contributed by atoms with E-state index in [0.717, 1.165) is 16.9 Å². The minimum atomic E-state index is -0.387. The molecule has 0 aliphatic carbocycles. The summed E-state index contributed by atoms with van der Waals surface area (Å²) in [6.45, 7) is 4.67. The molecular weight excluding hydrogens is 408 g/mol. The molecule has 0 fully saturated rings. The molecule has 0 radical (unpaired) electrons. The molecule has 0 aliphatic rings. The maximum Gasteiger partial charge on any atom is 0.307 e. The lowest BCUT2D eigenvalue weighted by Crippen LogP contribution is -2.39. The molecule has 0 saturated heterocycles. The Morgan fingerprint density at radius 2 is 1.41 bits per heavy atom. The van der Waals surface area contributed by atoms with Crippen LogP contribution in [0.4, 0.5) is 0 Å². The molecule has 0 saturated carbocycles. The van der Waals surface area contributed by atoms with Gasteiger partial charge in [0, 0.05) is 27.1 Å². The third-order valence-electron chi connectivity index (χ3n) is 5.03. The van der Waals surface area contributed by atoms with Crippen LogP contribution in [0.1, 0.15) is 36.5 Å². The molecule has 0 spiro atoms. The van der Waals surface area contributed by atoms with Crippen molar-refractivity contribution in [2.75, 3.05) is 27.2 Å². The molecular formula is C25H32N2O5. The van der Waals surface area contributed by atoms with Gasteiger partial charge in [0.2, 0.25) is 11.8 Å². The van der Waals surface area contributed by atoms with E-state index in [-0.39, 0.29) is 43.9 Å². The van der Waals surface area contributed by atoms with Crippen molar-refractivity contribution in [2.45, 2.75) is 39.9 Å². The molecule has 7 heteroatoms. The molecule has 2 rings (SSSR count). The Labute approximate surface area is 189 Å². The van der Waals surface area contributed by atoms with Crippen LogP contribution in [-0.4, -0.2) is 54.8 Å². The summed E-state index contributed by atoms with van der Waals surface area (Å²) in [6, 6.07) is 15.6. The highest BCUT2D eigenvalue weighted by Crippen LogP contribution is 2.15. The largest absolute Gasteiger partial charge is 0.489 e. The first-order chi connectivity index (χ1) is 15.3. The lowest BCUT2D eigenvalue weighted by atomic mass is 10.2. The first-order valence-electron chi connectivity index (χ1n) is 10.7. The predicted molar refractivity (Wildman–Crippen MR) is 122 cm³/mol. The van der Waals surface area contributed by atoms with Crippen LogP contribution >= 0.6 is 0 Å². The van der Waals surface area contributed by atoms with Crippen LogP contribution in [0.15, 0.2) is 48.5 Å². The number of carbonyl (C=O) groups excluding carboxylic acids is 3. The second-order valence-corrected chi connectivity index (χ2v) is 7.75. The van der Waals surface area contributed by atoms with Crippen LogP contribution < -0.4 is 4.74 Å². The van der Waals surface area contributed by atoms with Crippen LogP contribution in [0.3, 0.4) is 0 Å². The van der Waals surface area contributed by atoms with Crippen molar-refractivity contribution in [3.63, 3.8) is 0 Å². The van der Waals surface area contributed by atoms with E-state index in [1.807, 2.05) is 43.3 Å². The van der Waals surface area contributed by atoms with Crippen LogP contribution in [0, 0.1) is 6.92 Å². The normalized spacial score (nSPS) is 10.4. The van der Waals surface area contributed by atoms with Gasteiger partial charge in [0.05, 0.1) is 13.0 Å². The van der Waals surface area contributed by atoms with E-state index in [1.165, 1.54) is 15.4 Å². The maximum absolute atomic E-state index is 12.1. The van der Waals surface area contributed by atoms with Gasteiger partial charge in [-0.25, -0.2) is 0 Å². The SMILES string of the molecule is CCC(=O)N(C)CC(=O)N(C)CCC(=O)OCc1ccc(OCc2ccc(C)cc2)cc1. The topological polar surface area (TPSA) is 76.2 Å². The number of aryl methyl sites for hydroxylation is 1. The van der Waals surface area contributed by atoms with Crippen molar-refractivity contribution in [1.82, 2.24) is 9.80 Å². The van der Waals surface area contributed by atoms with Crippen molar-refractivity contribution in [1.29, 1.82) is 0 Å². The maximum atomic E-state index is 12.1. The van der Waals surface area contributed by atoms with Crippen LogP contribution in [-0.2, 0) is 32.3 Å². The summed E-state index contributed by atoms with van der Waals surface area (Å²) in [5.74, 6) is 0.0377. The third kappa shape index (κ3) is 8.41. The Bertz CT molecular complexity index is 894. The molecule has 0 aliphatic heterocycles. The zero-order valence-corrected chi connectivity index (χ0v) is 19.3. The zero-order valence-electron chi connectivity index (χ0n) is 19.3. The number of likely N-dealkylation sites (N-methyl/N-ethyl adjacent to an activating group) is 2. The van der Waals surface area contributed by atoms with E-state index in [4.69, 9.17) is 9.47 Å². The zero-order chi connectivity index (χ0) is 23.5. The standard InChI is InChI=1S/C25H32N2O5/c1-5-23(28)27(4)16-24(29)26(3)15-14-25(30)32-18-21-10-12-22(13-11-21)31-17-20-8-6-19(2)7-9-20/h6-13H,5,14-18H2,1-4H3. The lowest BCUT2D eigenvalue weighted by molar-refractivity contribution is -0.146. The number of benzene rings is 2. The van der Waals surface area contributed by atoms with Gasteiger partial charge in [-0.2, -0.15) is 0 Å². The first kappa shape index (κ1) is 24.9. The van der Waals surface area contributed by atoms with Gasteiger partial charge < -0.3 is 19.3 Å². The minimum Gasteiger partial charge on any atom is -0.489 e. The van der Waals surface area contributed by atoms with E-state index in [0.29, 0.717) is 13.0 Å². The molecule has 0 heterocycles. The Balaban J connectivity index is 1.69. The fraction of sp³-hybridized carbons (Fsp3) is 0.400. The summed E-state index contributed by atoms with van der Waals surface area (Å²) < 4.78 is 11.1. The fourth-order valence-corrected chi connectivity index (χ4v) is 2.83. The quantitative estimate of drug-likeness (QED) is 0.501. The monoisotopic (exact) mass is 440 g/mol. The lowest BCUT2D eigenvalue weighted by Gasteiger charge is -2.21. The van der Waals surface area contributed by atoms with Gasteiger partial charge in [-0.05, 0) is 30.2 Å². The van der Waals surface area contributed by atoms with Crippen LogP contribution in [0.2, 0.25) is 0 Å². The second kappa shape index (κ2) is 12.5. The van der Waals surface area contributed by atoms with E-state index < -0.39 is 0 Å². The average molecular weight is 441 g/mol. The van der Waals surface area contributed by atoms with Crippen molar-refractivity contribution >= 4 is 17.8 Å². The number of nitrogens with zero attached hydrogens (tertiary/aromatic N) is 2. The van der Waals surface area contributed by atoms with E-state index in [2.05, 4.69) is 12.1 Å².